The van der Waals surface area contributed by atoms with E-state index in [1.807, 2.05) is 0 Å². The molecule has 1 fully saturated rings. The van der Waals surface area contributed by atoms with Crippen molar-refractivity contribution in [2.45, 2.75) is 154 Å². The molecule has 1 heteroatoms. The van der Waals surface area contributed by atoms with E-state index in [1.165, 1.54) is 61.7 Å². The second-order valence-electron chi connectivity index (χ2n) is 9.48. The summed E-state index contributed by atoms with van der Waals surface area (Å²) in [6, 6.07) is 0. The van der Waals surface area contributed by atoms with E-state index < -0.39 is 18.4 Å². The van der Waals surface area contributed by atoms with E-state index in [0.717, 1.165) is 0 Å². The third kappa shape index (κ3) is 10.4. The molecule has 0 unspecified atom stereocenters. The Morgan fingerprint density at radius 2 is 0.885 bits per heavy atom. The van der Waals surface area contributed by atoms with Crippen LogP contribution in [0.1, 0.15) is 136 Å². The molecule has 1 aliphatic carbocycles. The van der Waals surface area contributed by atoms with Gasteiger partial charge < -0.3 is 0 Å². The monoisotopic (exact) mass is 472 g/mol. The van der Waals surface area contributed by atoms with E-state index in [1.54, 1.807) is 71.1 Å². The third-order valence-electron chi connectivity index (χ3n) is 7.31. The quantitative estimate of drug-likeness (QED) is 0.119. The second-order valence-corrected chi connectivity index (χ2v) is 23.9. The van der Waals surface area contributed by atoms with Gasteiger partial charge in [0.25, 0.3) is 0 Å². The van der Waals surface area contributed by atoms with Gasteiger partial charge in [-0.1, -0.05) is 0 Å². The number of unbranched alkanes of at least 4 members (excludes halogenated alkanes) is 9. The minimum atomic E-state index is -1.99. The molecule has 0 aromatic carbocycles. The number of rotatable bonds is 16. The zero-order valence-corrected chi connectivity index (χ0v) is 21.8. The zero-order valence-electron chi connectivity index (χ0n) is 18.9. The van der Waals surface area contributed by atoms with Gasteiger partial charge in [-0.2, -0.15) is 0 Å². The summed E-state index contributed by atoms with van der Waals surface area (Å²) in [4.78, 5) is 0. The molecule has 26 heavy (non-hydrogen) atoms. The molecule has 0 heterocycles. The van der Waals surface area contributed by atoms with Gasteiger partial charge in [-0.25, -0.2) is 0 Å². The summed E-state index contributed by atoms with van der Waals surface area (Å²) in [5.41, 5.74) is 0. The Kier molecular flexibility index (Phi) is 16.0. The molecule has 0 N–H and O–H groups in total. The van der Waals surface area contributed by atoms with Crippen LogP contribution in [-0.2, 0) is 0 Å². The molecule has 0 radical (unpaired) electrons. The molecule has 0 spiro atoms. The SMILES string of the molecule is CCCCC[CH2][Sn]([CH2]CCCCC)([CH2]CCCCC)[CH]1CCCCCC1. The van der Waals surface area contributed by atoms with Crippen molar-refractivity contribution in [1.29, 1.82) is 0 Å². The Bertz CT molecular complexity index is 259. The second kappa shape index (κ2) is 16.7. The fraction of sp³-hybridized carbons (Fsp3) is 1.00. The molecule has 0 bridgehead atoms. The van der Waals surface area contributed by atoms with Crippen LogP contribution in [0.25, 0.3) is 0 Å². The van der Waals surface area contributed by atoms with Gasteiger partial charge in [-0.05, 0) is 0 Å². The van der Waals surface area contributed by atoms with Crippen molar-refractivity contribution in [2.24, 2.45) is 0 Å². The maximum absolute atomic E-state index is 2.37. The first kappa shape index (κ1) is 24.8. The molecule has 0 aromatic heterocycles. The van der Waals surface area contributed by atoms with Crippen molar-refractivity contribution in [1.82, 2.24) is 0 Å². The maximum atomic E-state index is 2.37. The molecule has 0 aliphatic heterocycles. The number of hydrogen-bond acceptors (Lipinski definition) is 0. The van der Waals surface area contributed by atoms with Crippen molar-refractivity contribution in [3.05, 3.63) is 0 Å². The van der Waals surface area contributed by atoms with Gasteiger partial charge in [0.2, 0.25) is 0 Å². The van der Waals surface area contributed by atoms with Gasteiger partial charge in [-0.3, -0.25) is 0 Å². The molecule has 0 atom stereocenters. The van der Waals surface area contributed by atoms with Gasteiger partial charge in [-0.15, -0.1) is 0 Å². The number of hydrogen-bond donors (Lipinski definition) is 0. The summed E-state index contributed by atoms with van der Waals surface area (Å²) in [7, 11) is 0. The van der Waals surface area contributed by atoms with E-state index in [0.29, 0.717) is 0 Å². The molecular weight excluding hydrogens is 419 g/mol. The van der Waals surface area contributed by atoms with Gasteiger partial charge >= 0.3 is 172 Å². The van der Waals surface area contributed by atoms with Crippen molar-refractivity contribution in [3.63, 3.8) is 0 Å². The molecule has 1 saturated carbocycles. The minimum absolute atomic E-state index is 1.26. The Labute approximate surface area is 171 Å². The Morgan fingerprint density at radius 1 is 0.500 bits per heavy atom. The third-order valence-corrected chi connectivity index (χ3v) is 25.5. The standard InChI is InChI=1S/C7H13.3C6H13.Sn/c1-2-4-6-7-5-3-1;3*1-3-5-6-4-2;/h1H,2-7H2;3*1,3-6H2,2H3;. The van der Waals surface area contributed by atoms with E-state index in [2.05, 4.69) is 20.8 Å². The average Bonchev–Trinajstić information content (AvgIpc) is 2.95. The summed E-state index contributed by atoms with van der Waals surface area (Å²) in [6.45, 7) is 7.12. The zero-order chi connectivity index (χ0) is 18.9. The summed E-state index contributed by atoms with van der Waals surface area (Å²) in [5.74, 6) is 0. The Morgan fingerprint density at radius 3 is 1.23 bits per heavy atom. The predicted octanol–water partition coefficient (Wildman–Crippen LogP) is 9.90. The van der Waals surface area contributed by atoms with Crippen molar-refractivity contribution in [2.75, 3.05) is 0 Å². The normalized spacial score (nSPS) is 16.7. The summed E-state index contributed by atoms with van der Waals surface area (Å²) in [6.07, 6.45) is 27.6. The topological polar surface area (TPSA) is 0 Å². The summed E-state index contributed by atoms with van der Waals surface area (Å²) in [5, 5.41) is 0. The van der Waals surface area contributed by atoms with Gasteiger partial charge in [0, 0.05) is 0 Å². The van der Waals surface area contributed by atoms with E-state index in [9.17, 15) is 0 Å². The fourth-order valence-corrected chi connectivity index (χ4v) is 24.1. The summed E-state index contributed by atoms with van der Waals surface area (Å²) < 4.78 is 6.55. The first-order chi connectivity index (χ1) is 12.8. The molecule has 156 valence electrons. The van der Waals surface area contributed by atoms with Crippen molar-refractivity contribution in [3.8, 4) is 0 Å². The van der Waals surface area contributed by atoms with Gasteiger partial charge in [0.15, 0.2) is 0 Å². The molecular formula is C25H52Sn. The van der Waals surface area contributed by atoms with E-state index in [4.69, 9.17) is 0 Å². The van der Waals surface area contributed by atoms with Gasteiger partial charge in [0.1, 0.15) is 0 Å². The van der Waals surface area contributed by atoms with Gasteiger partial charge in [0.05, 0.1) is 0 Å². The van der Waals surface area contributed by atoms with Crippen LogP contribution in [0.5, 0.6) is 0 Å². The van der Waals surface area contributed by atoms with Crippen LogP contribution in [-0.4, -0.2) is 18.4 Å². The van der Waals surface area contributed by atoms with Crippen LogP contribution in [0.15, 0.2) is 0 Å². The van der Waals surface area contributed by atoms with Crippen LogP contribution in [0, 0.1) is 0 Å². The van der Waals surface area contributed by atoms with E-state index in [-0.39, 0.29) is 0 Å². The Hall–Kier alpha value is 0.799. The van der Waals surface area contributed by atoms with Crippen molar-refractivity contribution >= 4 is 18.4 Å². The summed E-state index contributed by atoms with van der Waals surface area (Å²) >= 11 is -1.99. The molecule has 0 amide bonds. The molecule has 0 saturated heterocycles. The molecule has 1 aliphatic rings. The van der Waals surface area contributed by atoms with Crippen LogP contribution in [0.2, 0.25) is 17.2 Å². The van der Waals surface area contributed by atoms with Crippen molar-refractivity contribution < 1.29 is 0 Å². The predicted molar refractivity (Wildman–Crippen MR) is 124 cm³/mol. The molecule has 0 nitrogen and oxygen atoms in total. The Balaban J connectivity index is 2.76. The first-order valence-electron chi connectivity index (χ1n) is 12.8. The van der Waals surface area contributed by atoms with Crippen LogP contribution >= 0.6 is 0 Å². The van der Waals surface area contributed by atoms with Crippen LogP contribution < -0.4 is 0 Å². The van der Waals surface area contributed by atoms with Crippen LogP contribution in [0.3, 0.4) is 0 Å². The average molecular weight is 471 g/mol. The van der Waals surface area contributed by atoms with E-state index >= 15 is 0 Å². The van der Waals surface area contributed by atoms with Crippen LogP contribution in [0.4, 0.5) is 0 Å². The molecule has 0 aromatic rings. The fourth-order valence-electron chi connectivity index (χ4n) is 5.59. The first-order valence-corrected chi connectivity index (χ1v) is 20.5. The molecule has 1 rings (SSSR count).